The average molecular weight is 382 g/mol. The molecule has 0 bridgehead atoms. The number of aromatic nitrogens is 3. The molecule has 0 aliphatic heterocycles. The van der Waals surface area contributed by atoms with Gasteiger partial charge in [0.25, 0.3) is 0 Å². The van der Waals surface area contributed by atoms with Crippen LogP contribution in [0.2, 0.25) is 0 Å². The molecule has 1 N–H and O–H groups in total. The van der Waals surface area contributed by atoms with Gasteiger partial charge in [-0.2, -0.15) is 0 Å². The van der Waals surface area contributed by atoms with Gasteiger partial charge in [-0.25, -0.2) is 0 Å². The van der Waals surface area contributed by atoms with Gasteiger partial charge in [0, 0.05) is 12.7 Å². The molecule has 0 aliphatic carbocycles. The predicted octanol–water partition coefficient (Wildman–Crippen LogP) is 3.99. The molecule has 3 aromatic rings. The van der Waals surface area contributed by atoms with Crippen LogP contribution in [0.3, 0.4) is 0 Å². The molecule has 1 unspecified atom stereocenters. The molecule has 0 spiro atoms. The summed E-state index contributed by atoms with van der Waals surface area (Å²) >= 11 is 1.34. The van der Waals surface area contributed by atoms with E-state index in [0.29, 0.717) is 11.0 Å². The van der Waals surface area contributed by atoms with Crippen molar-refractivity contribution in [2.45, 2.75) is 25.1 Å². The number of ether oxygens (including phenoxy) is 1. The Morgan fingerprint density at radius 3 is 2.70 bits per heavy atom. The van der Waals surface area contributed by atoms with Crippen molar-refractivity contribution in [3.05, 3.63) is 66.0 Å². The fourth-order valence-electron chi connectivity index (χ4n) is 2.60. The molecule has 140 valence electrons. The zero-order chi connectivity index (χ0) is 19.2. The minimum Gasteiger partial charge on any atom is -0.483 e. The van der Waals surface area contributed by atoms with Gasteiger partial charge in [-0.1, -0.05) is 42.1 Å². The summed E-state index contributed by atoms with van der Waals surface area (Å²) < 4.78 is 7.83. The van der Waals surface area contributed by atoms with Crippen LogP contribution in [0.25, 0.3) is 0 Å². The maximum absolute atomic E-state index is 12.1. The molecule has 0 aliphatic rings. The van der Waals surface area contributed by atoms with Gasteiger partial charge in [-0.05, 0) is 43.7 Å². The number of carbonyl (C=O) groups is 1. The number of nitrogens with zero attached hydrogens (tertiary/aromatic N) is 3. The van der Waals surface area contributed by atoms with E-state index < -0.39 is 0 Å². The van der Waals surface area contributed by atoms with Gasteiger partial charge < -0.3 is 14.6 Å². The summed E-state index contributed by atoms with van der Waals surface area (Å²) in [6, 6.07) is 17.3. The topological polar surface area (TPSA) is 69.0 Å². The minimum absolute atomic E-state index is 0.0835. The minimum atomic E-state index is -0.253. The molecule has 1 amide bonds. The van der Waals surface area contributed by atoms with E-state index in [0.717, 1.165) is 17.0 Å². The Morgan fingerprint density at radius 1 is 1.19 bits per heavy atom. The molecular weight excluding hydrogens is 360 g/mol. The van der Waals surface area contributed by atoms with E-state index in [1.54, 1.807) is 0 Å². The van der Waals surface area contributed by atoms with Gasteiger partial charge in [0.2, 0.25) is 5.91 Å². The highest BCUT2D eigenvalue weighted by Crippen LogP contribution is 2.24. The van der Waals surface area contributed by atoms with Crippen molar-refractivity contribution in [2.24, 2.45) is 7.05 Å². The van der Waals surface area contributed by atoms with Crippen LogP contribution in [0.4, 0.5) is 5.69 Å². The molecule has 0 radical (unpaired) electrons. The van der Waals surface area contributed by atoms with Gasteiger partial charge >= 0.3 is 0 Å². The molecule has 0 fully saturated rings. The molecule has 1 heterocycles. The number of aryl methyl sites for hydroxylation is 1. The van der Waals surface area contributed by atoms with Crippen molar-refractivity contribution in [2.75, 3.05) is 11.1 Å². The van der Waals surface area contributed by atoms with E-state index >= 15 is 0 Å². The summed E-state index contributed by atoms with van der Waals surface area (Å²) in [4.78, 5) is 12.1. The smallest absolute Gasteiger partial charge is 0.234 e. The van der Waals surface area contributed by atoms with Gasteiger partial charge in [-0.15, -0.1) is 10.2 Å². The maximum atomic E-state index is 12.1. The number of thioether (sulfide) groups is 1. The lowest BCUT2D eigenvalue weighted by molar-refractivity contribution is -0.113. The van der Waals surface area contributed by atoms with E-state index in [9.17, 15) is 4.79 Å². The molecule has 1 aromatic heterocycles. The van der Waals surface area contributed by atoms with Gasteiger partial charge in [0.15, 0.2) is 17.1 Å². The molecule has 2 aromatic carbocycles. The zero-order valence-corrected chi connectivity index (χ0v) is 16.4. The molecule has 6 nitrogen and oxygen atoms in total. The maximum Gasteiger partial charge on any atom is 0.234 e. The van der Waals surface area contributed by atoms with Crippen LogP contribution in [0.1, 0.15) is 24.4 Å². The Balaban J connectivity index is 1.58. The number of hydrogen-bond donors (Lipinski definition) is 1. The summed E-state index contributed by atoms with van der Waals surface area (Å²) in [5.74, 6) is 1.68. The molecular formula is C20H22N4O2S. The van der Waals surface area contributed by atoms with E-state index in [4.69, 9.17) is 4.74 Å². The van der Waals surface area contributed by atoms with Crippen LogP contribution in [0.5, 0.6) is 5.75 Å². The highest BCUT2D eigenvalue weighted by atomic mass is 32.2. The highest BCUT2D eigenvalue weighted by Gasteiger charge is 2.18. The standard InChI is InChI=1S/C20H22N4O2S/c1-14-8-7-11-17(12-14)26-15(2)19-22-23-20(24(19)3)27-13-18(25)21-16-9-5-4-6-10-16/h4-12,15H,13H2,1-3H3,(H,21,25). The van der Waals surface area contributed by atoms with Crippen LogP contribution >= 0.6 is 11.8 Å². The Labute approximate surface area is 163 Å². The van der Waals surface area contributed by atoms with Crippen LogP contribution < -0.4 is 10.1 Å². The summed E-state index contributed by atoms with van der Waals surface area (Å²) in [5.41, 5.74) is 1.92. The van der Waals surface area contributed by atoms with Crippen molar-refractivity contribution in [1.29, 1.82) is 0 Å². The van der Waals surface area contributed by atoms with E-state index in [1.807, 2.05) is 80.1 Å². The SMILES string of the molecule is Cc1cccc(OC(C)c2nnc(SCC(=O)Nc3ccccc3)n2C)c1. The van der Waals surface area contributed by atoms with Gasteiger partial charge in [0.1, 0.15) is 5.75 Å². The van der Waals surface area contributed by atoms with Crippen LogP contribution in [0, 0.1) is 6.92 Å². The molecule has 27 heavy (non-hydrogen) atoms. The number of amides is 1. The largest absolute Gasteiger partial charge is 0.483 e. The quantitative estimate of drug-likeness (QED) is 0.626. The monoisotopic (exact) mass is 382 g/mol. The number of benzene rings is 2. The fourth-order valence-corrected chi connectivity index (χ4v) is 3.32. The van der Waals surface area contributed by atoms with Crippen LogP contribution in [0.15, 0.2) is 59.8 Å². The van der Waals surface area contributed by atoms with Gasteiger partial charge in [0.05, 0.1) is 5.75 Å². The second kappa shape index (κ2) is 8.73. The number of para-hydroxylation sites is 1. The Morgan fingerprint density at radius 2 is 1.96 bits per heavy atom. The van der Waals surface area contributed by atoms with Gasteiger partial charge in [-0.3, -0.25) is 4.79 Å². The summed E-state index contributed by atoms with van der Waals surface area (Å²) in [5, 5.41) is 12.0. The predicted molar refractivity (Wildman–Crippen MR) is 107 cm³/mol. The van der Waals surface area contributed by atoms with Crippen molar-refractivity contribution < 1.29 is 9.53 Å². The van der Waals surface area contributed by atoms with E-state index in [2.05, 4.69) is 15.5 Å². The molecule has 7 heteroatoms. The number of anilines is 1. The average Bonchev–Trinajstić information content (AvgIpc) is 3.01. The second-order valence-corrected chi connectivity index (χ2v) is 7.12. The van der Waals surface area contributed by atoms with Crippen LogP contribution in [-0.2, 0) is 11.8 Å². The highest BCUT2D eigenvalue weighted by molar-refractivity contribution is 7.99. The third-order valence-electron chi connectivity index (χ3n) is 3.92. The van der Waals surface area contributed by atoms with Crippen molar-refractivity contribution in [3.8, 4) is 5.75 Å². The summed E-state index contributed by atoms with van der Waals surface area (Å²) in [6.07, 6.45) is -0.253. The second-order valence-electron chi connectivity index (χ2n) is 6.18. The molecule has 1 atom stereocenters. The van der Waals surface area contributed by atoms with Crippen LogP contribution in [-0.4, -0.2) is 26.4 Å². The lowest BCUT2D eigenvalue weighted by atomic mass is 10.2. The third kappa shape index (κ3) is 5.10. The first-order valence-corrected chi connectivity index (χ1v) is 9.62. The summed E-state index contributed by atoms with van der Waals surface area (Å²) in [7, 11) is 1.88. The number of carbonyl (C=O) groups excluding carboxylic acids is 1. The number of hydrogen-bond acceptors (Lipinski definition) is 5. The Bertz CT molecular complexity index is 911. The lowest BCUT2D eigenvalue weighted by Gasteiger charge is -2.14. The summed E-state index contributed by atoms with van der Waals surface area (Å²) in [6.45, 7) is 3.96. The third-order valence-corrected chi connectivity index (χ3v) is 4.94. The zero-order valence-electron chi connectivity index (χ0n) is 15.5. The van der Waals surface area contributed by atoms with Crippen molar-refractivity contribution in [3.63, 3.8) is 0 Å². The first-order valence-electron chi connectivity index (χ1n) is 8.63. The molecule has 0 saturated carbocycles. The first kappa shape index (κ1) is 19.0. The lowest BCUT2D eigenvalue weighted by Crippen LogP contribution is -2.14. The normalized spacial score (nSPS) is 11.8. The number of nitrogens with one attached hydrogen (secondary N) is 1. The number of rotatable bonds is 7. The Kier molecular flexibility index (Phi) is 6.13. The van der Waals surface area contributed by atoms with E-state index in [-0.39, 0.29) is 17.8 Å². The van der Waals surface area contributed by atoms with Crippen molar-refractivity contribution >= 4 is 23.4 Å². The van der Waals surface area contributed by atoms with E-state index in [1.165, 1.54) is 11.8 Å². The Hall–Kier alpha value is -2.80. The van der Waals surface area contributed by atoms with Crippen molar-refractivity contribution in [1.82, 2.24) is 14.8 Å². The molecule has 0 saturated heterocycles. The first-order chi connectivity index (χ1) is 13.0. The molecule has 3 rings (SSSR count). The fraction of sp³-hybridized carbons (Fsp3) is 0.250.